The van der Waals surface area contributed by atoms with Gasteiger partial charge in [-0.25, -0.2) is 0 Å². The van der Waals surface area contributed by atoms with E-state index in [-0.39, 0.29) is 17.5 Å². The molecule has 2 aliphatic rings. The number of piperazine rings is 1. The van der Waals surface area contributed by atoms with E-state index < -0.39 is 11.7 Å². The number of nitrogens with zero attached hydrogens (tertiary/aromatic N) is 3. The quantitative estimate of drug-likeness (QED) is 0.495. The van der Waals surface area contributed by atoms with Crippen LogP contribution < -0.4 is 4.74 Å². The largest absolute Gasteiger partial charge is 0.492 e. The number of halogens is 3. The fourth-order valence-corrected chi connectivity index (χ4v) is 4.91. The van der Waals surface area contributed by atoms with Crippen molar-refractivity contribution in [1.82, 2.24) is 14.7 Å². The van der Waals surface area contributed by atoms with Crippen molar-refractivity contribution >= 4 is 5.91 Å². The predicted molar refractivity (Wildman–Crippen MR) is 134 cm³/mol. The number of alkyl halides is 3. The van der Waals surface area contributed by atoms with E-state index in [2.05, 4.69) is 54.9 Å². The number of carbonyl (C=O) groups excluding carboxylic acids is 1. The molecule has 4 rings (SSSR count). The van der Waals surface area contributed by atoms with Gasteiger partial charge in [-0.05, 0) is 67.8 Å². The third kappa shape index (κ3) is 5.93. The Hall–Kier alpha value is -2.84. The Labute approximate surface area is 211 Å². The van der Waals surface area contributed by atoms with Crippen LogP contribution in [-0.4, -0.2) is 73.0 Å². The van der Waals surface area contributed by atoms with Gasteiger partial charge >= 0.3 is 6.18 Å². The van der Waals surface area contributed by atoms with E-state index in [0.29, 0.717) is 32.8 Å². The maximum atomic E-state index is 12.8. The number of rotatable bonds is 7. The zero-order valence-corrected chi connectivity index (χ0v) is 21.1. The van der Waals surface area contributed by atoms with Crippen LogP contribution in [0.25, 0.3) is 0 Å². The molecule has 0 aliphatic carbocycles. The van der Waals surface area contributed by atoms with Gasteiger partial charge in [-0.2, -0.15) is 13.2 Å². The highest BCUT2D eigenvalue weighted by Gasteiger charge is 2.31. The lowest BCUT2D eigenvalue weighted by Crippen LogP contribution is -2.49. The van der Waals surface area contributed by atoms with Crippen LogP contribution in [0.5, 0.6) is 5.75 Å². The van der Waals surface area contributed by atoms with Gasteiger partial charge in [0.25, 0.3) is 5.91 Å². The lowest BCUT2D eigenvalue weighted by Gasteiger charge is -2.39. The number of benzene rings is 2. The third-order valence-electron chi connectivity index (χ3n) is 7.40. The summed E-state index contributed by atoms with van der Waals surface area (Å²) in [4.78, 5) is 19.2. The lowest BCUT2D eigenvalue weighted by atomic mass is 9.96. The van der Waals surface area contributed by atoms with Gasteiger partial charge < -0.3 is 9.64 Å². The van der Waals surface area contributed by atoms with Crippen molar-refractivity contribution < 1.29 is 22.7 Å². The minimum atomic E-state index is -4.41. The smallest absolute Gasteiger partial charge is 0.416 e. The van der Waals surface area contributed by atoms with Crippen molar-refractivity contribution in [2.24, 2.45) is 0 Å². The third-order valence-corrected chi connectivity index (χ3v) is 7.40. The average Bonchev–Trinajstić information content (AvgIpc) is 3.39. The molecule has 1 amide bonds. The van der Waals surface area contributed by atoms with Crippen molar-refractivity contribution in [3.63, 3.8) is 0 Å². The van der Waals surface area contributed by atoms with Crippen molar-refractivity contribution in [3.05, 3.63) is 76.4 Å². The molecule has 0 bridgehead atoms. The number of amides is 1. The molecule has 1 fully saturated rings. The molecule has 0 N–H and O–H groups in total. The molecule has 194 valence electrons. The molecule has 2 aromatic rings. The highest BCUT2D eigenvalue weighted by atomic mass is 19.4. The molecule has 0 saturated carbocycles. The first-order valence-corrected chi connectivity index (χ1v) is 12.5. The second-order valence-corrected chi connectivity index (χ2v) is 9.56. The predicted octanol–water partition coefficient (Wildman–Crippen LogP) is 5.09. The topological polar surface area (TPSA) is 36.0 Å². The summed E-state index contributed by atoms with van der Waals surface area (Å²) in [6.07, 6.45) is -0.0540. The van der Waals surface area contributed by atoms with Gasteiger partial charge in [-0.15, -0.1) is 0 Å². The van der Waals surface area contributed by atoms with Gasteiger partial charge in [-0.1, -0.05) is 18.2 Å². The van der Waals surface area contributed by atoms with E-state index >= 15 is 0 Å². The molecule has 2 aromatic carbocycles. The van der Waals surface area contributed by atoms with Gasteiger partial charge in [-0.3, -0.25) is 14.6 Å². The highest BCUT2D eigenvalue weighted by molar-refractivity contribution is 5.94. The van der Waals surface area contributed by atoms with E-state index in [9.17, 15) is 18.0 Å². The number of ether oxygens (including phenoxy) is 1. The fourth-order valence-electron chi connectivity index (χ4n) is 4.91. The van der Waals surface area contributed by atoms with Gasteiger partial charge in [0.1, 0.15) is 12.4 Å². The van der Waals surface area contributed by atoms with E-state index in [4.69, 9.17) is 4.74 Å². The van der Waals surface area contributed by atoms with Crippen LogP contribution in [0, 0.1) is 13.8 Å². The van der Waals surface area contributed by atoms with Crippen LogP contribution >= 0.6 is 0 Å². The molecular formula is C28H34F3N3O2. The first-order chi connectivity index (χ1) is 17.1. The first kappa shape index (κ1) is 26.2. The van der Waals surface area contributed by atoms with Crippen molar-refractivity contribution in [3.8, 4) is 5.75 Å². The molecule has 1 atom stereocenters. The maximum absolute atomic E-state index is 12.8. The van der Waals surface area contributed by atoms with E-state index in [0.717, 1.165) is 43.1 Å². The van der Waals surface area contributed by atoms with Gasteiger partial charge in [0.2, 0.25) is 0 Å². The number of hydrogen-bond acceptors (Lipinski definition) is 4. The lowest BCUT2D eigenvalue weighted by molar-refractivity contribution is -0.137. The summed E-state index contributed by atoms with van der Waals surface area (Å²) in [5.41, 5.74) is 3.14. The summed E-state index contributed by atoms with van der Waals surface area (Å²) >= 11 is 0. The summed E-state index contributed by atoms with van der Waals surface area (Å²) in [5.74, 6) is 0.692. The Morgan fingerprint density at radius 1 is 0.944 bits per heavy atom. The molecule has 0 aromatic heterocycles. The van der Waals surface area contributed by atoms with Crippen LogP contribution in [0.2, 0.25) is 0 Å². The minimum Gasteiger partial charge on any atom is -0.492 e. The standard InChI is InChI=1S/C28H34F3N3O2/c1-20-21(2)26(36-19-18-32-12-4-5-13-32)11-10-25(20)22(3)33-14-16-34(17-15-33)27(35)23-6-8-24(9-7-23)28(29,30)31/h4-11,22H,12-19H2,1-3H3. The molecule has 0 spiro atoms. The van der Waals surface area contributed by atoms with Gasteiger partial charge in [0.05, 0.1) is 5.56 Å². The minimum absolute atomic E-state index is 0.178. The second-order valence-electron chi connectivity index (χ2n) is 9.56. The summed E-state index contributed by atoms with van der Waals surface area (Å²) in [5, 5.41) is 0. The Kier molecular flexibility index (Phi) is 8.05. The normalized spacial score (nSPS) is 18.0. The summed E-state index contributed by atoms with van der Waals surface area (Å²) < 4.78 is 44.5. The number of hydrogen-bond donors (Lipinski definition) is 0. The SMILES string of the molecule is Cc1c(OCCN2CC=CC2)ccc(C(C)N2CCN(C(=O)c3ccc(C(F)(F)F)cc3)CC2)c1C. The van der Waals surface area contributed by atoms with Crippen LogP contribution in [0.3, 0.4) is 0 Å². The molecule has 1 saturated heterocycles. The highest BCUT2D eigenvalue weighted by Crippen LogP contribution is 2.32. The van der Waals surface area contributed by atoms with Gasteiger partial charge in [0.15, 0.2) is 0 Å². The fraction of sp³-hybridized carbons (Fsp3) is 0.464. The zero-order valence-electron chi connectivity index (χ0n) is 21.1. The Morgan fingerprint density at radius 2 is 1.58 bits per heavy atom. The van der Waals surface area contributed by atoms with Crippen molar-refractivity contribution in [2.75, 3.05) is 52.4 Å². The molecular weight excluding hydrogens is 467 g/mol. The molecule has 0 radical (unpaired) electrons. The van der Waals surface area contributed by atoms with Crippen LogP contribution in [0.1, 0.15) is 45.6 Å². The van der Waals surface area contributed by atoms with E-state index in [1.54, 1.807) is 4.90 Å². The molecule has 2 heterocycles. The van der Waals surface area contributed by atoms with Crippen LogP contribution in [0.15, 0.2) is 48.6 Å². The van der Waals surface area contributed by atoms with E-state index in [1.165, 1.54) is 23.3 Å². The second kappa shape index (κ2) is 11.0. The zero-order chi connectivity index (χ0) is 25.9. The van der Waals surface area contributed by atoms with Crippen LogP contribution in [-0.2, 0) is 6.18 Å². The molecule has 2 aliphatic heterocycles. The molecule has 1 unspecified atom stereocenters. The Morgan fingerprint density at radius 3 is 2.19 bits per heavy atom. The van der Waals surface area contributed by atoms with Crippen molar-refractivity contribution in [1.29, 1.82) is 0 Å². The maximum Gasteiger partial charge on any atom is 0.416 e. The Bertz CT molecular complexity index is 1080. The molecule has 8 heteroatoms. The number of carbonyl (C=O) groups is 1. The van der Waals surface area contributed by atoms with E-state index in [1.807, 2.05) is 0 Å². The first-order valence-electron chi connectivity index (χ1n) is 12.5. The van der Waals surface area contributed by atoms with Crippen molar-refractivity contribution in [2.45, 2.75) is 33.0 Å². The van der Waals surface area contributed by atoms with Crippen LogP contribution in [0.4, 0.5) is 13.2 Å². The van der Waals surface area contributed by atoms with Gasteiger partial charge in [0, 0.05) is 57.4 Å². The molecule has 5 nitrogen and oxygen atoms in total. The Balaban J connectivity index is 1.32. The molecule has 36 heavy (non-hydrogen) atoms. The summed E-state index contributed by atoms with van der Waals surface area (Å²) in [7, 11) is 0. The monoisotopic (exact) mass is 501 g/mol. The summed E-state index contributed by atoms with van der Waals surface area (Å²) in [6, 6.07) is 8.83. The summed E-state index contributed by atoms with van der Waals surface area (Å²) in [6.45, 7) is 12.4. The average molecular weight is 502 g/mol.